The van der Waals surface area contributed by atoms with Gasteiger partial charge in [0.05, 0.1) is 24.9 Å². The lowest BCUT2D eigenvalue weighted by molar-refractivity contribution is -0.101. The van der Waals surface area contributed by atoms with Crippen LogP contribution in [0.2, 0.25) is 0 Å². The predicted octanol–water partition coefficient (Wildman–Crippen LogP) is -2.97. The molecule has 0 radical (unpaired) electrons. The van der Waals surface area contributed by atoms with Crippen molar-refractivity contribution in [1.29, 1.82) is 0 Å². The van der Waals surface area contributed by atoms with Gasteiger partial charge in [-0.3, -0.25) is 0 Å². The molecule has 0 amide bonds. The Hall–Kier alpha value is -0.200. The second kappa shape index (κ2) is 3.46. The van der Waals surface area contributed by atoms with Crippen molar-refractivity contribution in [3.8, 4) is 0 Å². The molecule has 1 fully saturated rings. The Labute approximate surface area is 64.3 Å². The van der Waals surface area contributed by atoms with Crippen LogP contribution in [0.5, 0.6) is 0 Å². The van der Waals surface area contributed by atoms with E-state index in [0.717, 1.165) is 0 Å². The maximum absolute atomic E-state index is 9.18. The Morgan fingerprint density at radius 1 is 1.18 bits per heavy atom. The van der Waals surface area contributed by atoms with Crippen molar-refractivity contribution in [3.05, 3.63) is 0 Å². The van der Waals surface area contributed by atoms with Crippen molar-refractivity contribution in [3.63, 3.8) is 0 Å². The molecule has 0 aliphatic carbocycles. The first-order valence-corrected chi connectivity index (χ1v) is 3.55. The molecule has 0 bridgehead atoms. The number of hydrogen-bond acceptors (Lipinski definition) is 5. The molecule has 4 atom stereocenters. The number of nitrogens with one attached hydrogen (secondary N) is 1. The molecule has 0 aromatic carbocycles. The van der Waals surface area contributed by atoms with Crippen LogP contribution in [-0.4, -0.2) is 57.9 Å². The van der Waals surface area contributed by atoms with Crippen molar-refractivity contribution in [2.75, 3.05) is 13.2 Å². The highest BCUT2D eigenvalue weighted by atomic mass is 16.4. The van der Waals surface area contributed by atoms with Gasteiger partial charge in [-0.2, -0.15) is 0 Å². The van der Waals surface area contributed by atoms with Gasteiger partial charge in [-0.1, -0.05) is 0 Å². The molecule has 5 N–H and O–H groups in total. The van der Waals surface area contributed by atoms with Crippen LogP contribution in [-0.2, 0) is 0 Å². The number of hydrogen-bond donors (Lipinski definition) is 5. The second-order valence-corrected chi connectivity index (χ2v) is 2.75. The highest BCUT2D eigenvalue weighted by Crippen LogP contribution is 2.09. The largest absolute Gasteiger partial charge is 0.395 e. The average Bonchev–Trinajstić information content (AvgIpc) is 2.01. The highest BCUT2D eigenvalue weighted by molar-refractivity contribution is 4.91. The third-order valence-corrected chi connectivity index (χ3v) is 1.94. The molecule has 66 valence electrons. The summed E-state index contributed by atoms with van der Waals surface area (Å²) in [5.74, 6) is 0. The Balaban J connectivity index is 2.52. The van der Waals surface area contributed by atoms with Gasteiger partial charge in [0.1, 0.15) is 6.10 Å². The first kappa shape index (κ1) is 8.89. The average molecular weight is 163 g/mol. The number of β-amino-alcohol motifs (C(OH)–C–C–N with tert-alkyl or cyclic N) is 1. The Bertz CT molecular complexity index is 130. The van der Waals surface area contributed by atoms with E-state index in [4.69, 9.17) is 15.3 Å². The van der Waals surface area contributed by atoms with E-state index < -0.39 is 24.4 Å². The first-order chi connectivity index (χ1) is 5.16. The van der Waals surface area contributed by atoms with Crippen molar-refractivity contribution in [2.24, 2.45) is 0 Å². The van der Waals surface area contributed by atoms with Gasteiger partial charge in [0, 0.05) is 6.54 Å². The van der Waals surface area contributed by atoms with Crippen LogP contribution >= 0.6 is 0 Å². The van der Waals surface area contributed by atoms with Crippen LogP contribution in [0, 0.1) is 0 Å². The molecule has 1 aliphatic rings. The minimum Gasteiger partial charge on any atom is -0.395 e. The summed E-state index contributed by atoms with van der Waals surface area (Å²) >= 11 is 0. The van der Waals surface area contributed by atoms with Gasteiger partial charge in [-0.15, -0.1) is 0 Å². The lowest BCUT2D eigenvalue weighted by Crippen LogP contribution is -2.60. The monoisotopic (exact) mass is 163 g/mol. The lowest BCUT2D eigenvalue weighted by atomic mass is 9.97. The molecular weight excluding hydrogens is 150 g/mol. The van der Waals surface area contributed by atoms with Crippen molar-refractivity contribution in [1.82, 2.24) is 5.32 Å². The molecule has 0 saturated carbocycles. The van der Waals surface area contributed by atoms with Crippen molar-refractivity contribution >= 4 is 0 Å². The summed E-state index contributed by atoms with van der Waals surface area (Å²) in [6.45, 7) is -0.0472. The van der Waals surface area contributed by atoms with Gasteiger partial charge < -0.3 is 25.7 Å². The second-order valence-electron chi connectivity index (χ2n) is 2.75. The van der Waals surface area contributed by atoms with Gasteiger partial charge in [-0.25, -0.2) is 0 Å². The van der Waals surface area contributed by atoms with Crippen LogP contribution in [0.4, 0.5) is 0 Å². The number of aliphatic hydroxyl groups excluding tert-OH is 4. The fraction of sp³-hybridized carbons (Fsp3) is 1.00. The number of rotatable bonds is 1. The van der Waals surface area contributed by atoms with Gasteiger partial charge in [-0.05, 0) is 0 Å². The van der Waals surface area contributed by atoms with E-state index in [0.29, 0.717) is 0 Å². The predicted molar refractivity (Wildman–Crippen MR) is 36.9 cm³/mol. The molecular formula is C6H13NO4. The van der Waals surface area contributed by atoms with Gasteiger partial charge in [0.2, 0.25) is 0 Å². The van der Waals surface area contributed by atoms with Crippen LogP contribution < -0.4 is 5.32 Å². The molecule has 1 rings (SSSR count). The smallest absolute Gasteiger partial charge is 0.109 e. The molecule has 0 spiro atoms. The summed E-state index contributed by atoms with van der Waals surface area (Å²) in [6, 6.07) is -0.534. The van der Waals surface area contributed by atoms with Crippen LogP contribution in [0.3, 0.4) is 0 Å². The van der Waals surface area contributed by atoms with E-state index in [1.54, 1.807) is 0 Å². The minimum atomic E-state index is -1.16. The summed E-state index contributed by atoms with van der Waals surface area (Å²) in [4.78, 5) is 0. The fourth-order valence-corrected chi connectivity index (χ4v) is 1.15. The Morgan fingerprint density at radius 3 is 2.36 bits per heavy atom. The third kappa shape index (κ3) is 1.69. The van der Waals surface area contributed by atoms with Gasteiger partial charge >= 0.3 is 0 Å². The summed E-state index contributed by atoms with van der Waals surface area (Å²) in [7, 11) is 0. The number of aliphatic hydroxyl groups is 4. The van der Waals surface area contributed by atoms with Crippen LogP contribution in [0.1, 0.15) is 0 Å². The zero-order valence-corrected chi connectivity index (χ0v) is 6.01. The Morgan fingerprint density at radius 2 is 1.82 bits per heavy atom. The van der Waals surface area contributed by atoms with Crippen molar-refractivity contribution < 1.29 is 20.4 Å². The lowest BCUT2D eigenvalue weighted by Gasteiger charge is -2.34. The summed E-state index contributed by atoms with van der Waals surface area (Å²) in [6.07, 6.45) is -3.20. The molecule has 5 nitrogen and oxygen atoms in total. The first-order valence-electron chi connectivity index (χ1n) is 3.55. The summed E-state index contributed by atoms with van der Waals surface area (Å²) in [5, 5.41) is 38.6. The van der Waals surface area contributed by atoms with E-state index in [1.165, 1.54) is 0 Å². The highest BCUT2D eigenvalue weighted by Gasteiger charge is 2.35. The normalized spacial score (nSPS) is 45.8. The SMILES string of the molecule is OCC1NC[C@@H](O)C(O)[C@@H]1O. The molecule has 0 aromatic rings. The van der Waals surface area contributed by atoms with Gasteiger partial charge in [0.15, 0.2) is 0 Å². The van der Waals surface area contributed by atoms with E-state index >= 15 is 0 Å². The fourth-order valence-electron chi connectivity index (χ4n) is 1.15. The minimum absolute atomic E-state index is 0.198. The maximum Gasteiger partial charge on any atom is 0.109 e. The molecule has 5 heteroatoms. The van der Waals surface area contributed by atoms with Crippen LogP contribution in [0.15, 0.2) is 0 Å². The third-order valence-electron chi connectivity index (χ3n) is 1.94. The van der Waals surface area contributed by atoms with E-state index in [9.17, 15) is 5.11 Å². The standard InChI is InChI=1S/C6H13NO4/c8-2-3-5(10)6(11)4(9)1-7-3/h3-11H,1-2H2/t3?,4-,5-,6?/m1/s1. The molecule has 11 heavy (non-hydrogen) atoms. The maximum atomic E-state index is 9.18. The summed E-state index contributed by atoms with van der Waals surface area (Å²) < 4.78 is 0. The van der Waals surface area contributed by atoms with E-state index in [-0.39, 0.29) is 13.2 Å². The van der Waals surface area contributed by atoms with Crippen molar-refractivity contribution in [2.45, 2.75) is 24.4 Å². The molecule has 1 heterocycles. The van der Waals surface area contributed by atoms with E-state index in [2.05, 4.69) is 5.32 Å². The Kier molecular flexibility index (Phi) is 2.80. The molecule has 1 aliphatic heterocycles. The summed E-state index contributed by atoms with van der Waals surface area (Å²) in [5.41, 5.74) is 0. The zero-order chi connectivity index (χ0) is 8.43. The molecule has 1 saturated heterocycles. The topological polar surface area (TPSA) is 93.0 Å². The zero-order valence-electron chi connectivity index (χ0n) is 6.01. The quantitative estimate of drug-likeness (QED) is 0.285. The van der Waals surface area contributed by atoms with E-state index in [1.807, 2.05) is 0 Å². The van der Waals surface area contributed by atoms with Crippen LogP contribution in [0.25, 0.3) is 0 Å². The molecule has 2 unspecified atom stereocenters. The molecule has 0 aromatic heterocycles. The number of piperidine rings is 1. The van der Waals surface area contributed by atoms with Gasteiger partial charge in [0.25, 0.3) is 0 Å².